The lowest BCUT2D eigenvalue weighted by atomic mass is 10.1. The number of nitrogens with zero attached hydrogens (tertiary/aromatic N) is 3. The molecule has 39 heavy (non-hydrogen) atoms. The molecule has 1 aliphatic heterocycles. The first-order valence-electron chi connectivity index (χ1n) is 11.3. The molecule has 200 valence electrons. The van der Waals surface area contributed by atoms with E-state index in [2.05, 4.69) is 0 Å². The molecular weight excluding hydrogens is 532 g/mol. The number of ether oxygens (including phenoxy) is 2. The first-order valence-corrected chi connectivity index (χ1v) is 12.2. The van der Waals surface area contributed by atoms with Crippen molar-refractivity contribution in [3.8, 4) is 0 Å². The molecule has 0 aliphatic carbocycles. The van der Waals surface area contributed by atoms with Crippen molar-refractivity contribution in [1.29, 1.82) is 0 Å². The number of methoxy groups -OCH3 is 1. The number of nitrogen functional groups attached to an aromatic ring is 1. The second kappa shape index (κ2) is 10.8. The monoisotopic (exact) mass is 552 g/mol. The molecule has 0 saturated heterocycles. The van der Waals surface area contributed by atoms with Gasteiger partial charge in [0.15, 0.2) is 5.69 Å². The number of thioether (sulfide) groups is 1. The van der Waals surface area contributed by atoms with Crippen molar-refractivity contribution in [2.45, 2.75) is 12.2 Å². The molecule has 13 nitrogen and oxygen atoms in total. The lowest BCUT2D eigenvalue weighted by Crippen LogP contribution is -2.42. The number of nitrogens with two attached hydrogens (primary N) is 1. The predicted molar refractivity (Wildman–Crippen MR) is 140 cm³/mol. The summed E-state index contributed by atoms with van der Waals surface area (Å²) in [6.45, 7) is 1.51. The van der Waals surface area contributed by atoms with Gasteiger partial charge in [-0.1, -0.05) is 36.0 Å². The Labute approximate surface area is 223 Å². The Kier molecular flexibility index (Phi) is 7.49. The lowest BCUT2D eigenvalue weighted by Gasteiger charge is -2.23. The van der Waals surface area contributed by atoms with E-state index < -0.39 is 32.9 Å². The zero-order chi connectivity index (χ0) is 28.4. The van der Waals surface area contributed by atoms with Gasteiger partial charge in [0.25, 0.3) is 11.4 Å². The van der Waals surface area contributed by atoms with Crippen LogP contribution in [-0.2, 0) is 14.3 Å². The van der Waals surface area contributed by atoms with Gasteiger partial charge in [-0.05, 0) is 24.1 Å². The lowest BCUT2D eigenvalue weighted by molar-refractivity contribution is -0.385. The van der Waals surface area contributed by atoms with E-state index in [9.17, 15) is 34.6 Å². The minimum atomic E-state index is -1.18. The van der Waals surface area contributed by atoms with Crippen LogP contribution in [0.2, 0.25) is 0 Å². The Balaban J connectivity index is 2.09. The van der Waals surface area contributed by atoms with Crippen LogP contribution in [0, 0.1) is 20.2 Å². The summed E-state index contributed by atoms with van der Waals surface area (Å²) in [5, 5.41) is 21.4. The van der Waals surface area contributed by atoms with Crippen LogP contribution >= 0.6 is 11.8 Å². The van der Waals surface area contributed by atoms with Gasteiger partial charge in [-0.3, -0.25) is 29.6 Å². The van der Waals surface area contributed by atoms with Gasteiger partial charge in [0.05, 0.1) is 34.6 Å². The number of fused-ring (bicyclic) bond motifs is 1. The van der Waals surface area contributed by atoms with Crippen LogP contribution in [0.25, 0.3) is 11.0 Å². The number of esters is 2. The molecule has 4 rings (SSSR count). The molecule has 1 aromatic heterocycles. The number of non-ortho nitro benzene ring substituents is 2. The molecular formula is C25H20N4O9S. The number of carbonyl (C=O) groups excluding carboxylic acids is 3. The average molecular weight is 553 g/mol. The summed E-state index contributed by atoms with van der Waals surface area (Å²) in [6, 6.07) is 10.9. The first kappa shape index (κ1) is 27.1. The number of benzene rings is 2. The normalized spacial score (nSPS) is 15.0. The molecule has 2 N–H and O–H groups in total. The van der Waals surface area contributed by atoms with Crippen molar-refractivity contribution in [3.63, 3.8) is 0 Å². The molecule has 1 unspecified atom stereocenters. The van der Waals surface area contributed by atoms with Crippen LogP contribution in [0.4, 0.5) is 17.1 Å². The average Bonchev–Trinajstić information content (AvgIpc) is 3.21. The quantitative estimate of drug-likeness (QED) is 0.257. The van der Waals surface area contributed by atoms with E-state index in [1.165, 1.54) is 48.5 Å². The van der Waals surface area contributed by atoms with E-state index in [4.69, 9.17) is 15.2 Å². The number of anilines is 1. The Hall–Kier alpha value is -4.98. The van der Waals surface area contributed by atoms with Gasteiger partial charge >= 0.3 is 11.9 Å². The second-order valence-corrected chi connectivity index (χ2v) is 9.20. The molecule has 0 saturated carbocycles. The summed E-state index contributed by atoms with van der Waals surface area (Å²) < 4.78 is 11.0. The molecule has 0 bridgehead atoms. The SMILES string of the molecule is CCOC(=O)c1c(N)/c(=C\c2cccc([N+](=O)[O-])c2)c2n1C(=O)C(c1cccc([N+](=O)[O-])c1)SC=2C(=O)OC. The first-order chi connectivity index (χ1) is 18.6. The highest BCUT2D eigenvalue weighted by Crippen LogP contribution is 2.40. The second-order valence-electron chi connectivity index (χ2n) is 8.09. The van der Waals surface area contributed by atoms with Gasteiger partial charge in [0.2, 0.25) is 5.91 Å². The third-order valence-corrected chi connectivity index (χ3v) is 7.06. The Morgan fingerprint density at radius 3 is 2.33 bits per heavy atom. The van der Waals surface area contributed by atoms with Crippen LogP contribution in [0.1, 0.15) is 38.6 Å². The number of hydrogen-bond acceptors (Lipinski definition) is 11. The largest absolute Gasteiger partial charge is 0.465 e. The number of carbonyl (C=O) groups is 3. The third-order valence-electron chi connectivity index (χ3n) is 5.76. The summed E-state index contributed by atoms with van der Waals surface area (Å²) in [5.41, 5.74) is 5.84. The highest BCUT2D eigenvalue weighted by atomic mass is 32.2. The standard InChI is InChI=1S/C25H20N4O9S/c1-3-38-24(31)20-18(26)17(11-13-6-4-8-15(10-13)28(33)34)19-22(25(32)37-2)39-21(23(30)27(19)20)14-7-5-9-16(12-14)29(35)36/h4-12,21H,3,26H2,1-2H3/b17-11+. The van der Waals surface area contributed by atoms with E-state index >= 15 is 0 Å². The molecule has 2 heterocycles. The summed E-state index contributed by atoms with van der Waals surface area (Å²) in [6.07, 6.45) is 1.40. The molecule has 2 aromatic carbocycles. The maximum absolute atomic E-state index is 13.9. The van der Waals surface area contributed by atoms with Crippen molar-refractivity contribution in [2.24, 2.45) is 0 Å². The Morgan fingerprint density at radius 1 is 1.08 bits per heavy atom. The molecule has 0 spiro atoms. The van der Waals surface area contributed by atoms with E-state index in [1.54, 1.807) is 13.0 Å². The highest BCUT2D eigenvalue weighted by molar-refractivity contribution is 8.10. The maximum atomic E-state index is 13.9. The predicted octanol–water partition coefficient (Wildman–Crippen LogP) is 2.30. The number of nitro groups is 2. The fraction of sp³-hybridized carbons (Fsp3) is 0.160. The van der Waals surface area contributed by atoms with Crippen molar-refractivity contribution >= 4 is 57.7 Å². The van der Waals surface area contributed by atoms with Gasteiger partial charge in [0, 0.05) is 29.5 Å². The third kappa shape index (κ3) is 4.96. The van der Waals surface area contributed by atoms with Crippen LogP contribution in [0.5, 0.6) is 0 Å². The van der Waals surface area contributed by atoms with Crippen molar-refractivity contribution in [1.82, 2.24) is 4.57 Å². The van der Waals surface area contributed by atoms with E-state index in [0.29, 0.717) is 5.56 Å². The van der Waals surface area contributed by atoms with Crippen LogP contribution < -0.4 is 16.3 Å². The zero-order valence-electron chi connectivity index (χ0n) is 20.5. The summed E-state index contributed by atoms with van der Waals surface area (Å²) in [4.78, 5) is 61.2. The Bertz CT molecular complexity index is 1680. The molecule has 0 fully saturated rings. The van der Waals surface area contributed by atoms with Gasteiger partial charge in [0.1, 0.15) is 10.2 Å². The van der Waals surface area contributed by atoms with E-state index in [-0.39, 0.29) is 50.4 Å². The smallest absolute Gasteiger partial charge is 0.357 e. The number of hydrogen-bond donors (Lipinski definition) is 1. The van der Waals surface area contributed by atoms with Crippen LogP contribution in [-0.4, -0.2) is 46.0 Å². The summed E-state index contributed by atoms with van der Waals surface area (Å²) in [7, 11) is 1.13. The van der Waals surface area contributed by atoms with Crippen LogP contribution in [0.15, 0.2) is 48.5 Å². The van der Waals surface area contributed by atoms with Gasteiger partial charge in [-0.2, -0.15) is 0 Å². The van der Waals surface area contributed by atoms with E-state index in [1.807, 2.05) is 0 Å². The molecule has 0 amide bonds. The van der Waals surface area contributed by atoms with Gasteiger partial charge in [-0.25, -0.2) is 9.59 Å². The van der Waals surface area contributed by atoms with Crippen LogP contribution in [0.3, 0.4) is 0 Å². The summed E-state index contributed by atoms with van der Waals surface area (Å²) in [5.74, 6) is -2.51. The van der Waals surface area contributed by atoms with Gasteiger partial charge in [-0.15, -0.1) is 0 Å². The van der Waals surface area contributed by atoms with Crippen molar-refractivity contribution in [3.05, 3.63) is 96.1 Å². The molecule has 3 aromatic rings. The number of aromatic nitrogens is 1. The molecule has 0 radical (unpaired) electrons. The number of rotatable bonds is 7. The minimum absolute atomic E-state index is 0.0481. The molecule has 14 heteroatoms. The topological polar surface area (TPSA) is 187 Å². The van der Waals surface area contributed by atoms with Crippen molar-refractivity contribution < 1.29 is 33.7 Å². The molecule has 1 atom stereocenters. The minimum Gasteiger partial charge on any atom is -0.465 e. The fourth-order valence-electron chi connectivity index (χ4n) is 4.08. The summed E-state index contributed by atoms with van der Waals surface area (Å²) >= 11 is 0.782. The van der Waals surface area contributed by atoms with Crippen molar-refractivity contribution in [2.75, 3.05) is 19.5 Å². The van der Waals surface area contributed by atoms with Gasteiger partial charge < -0.3 is 15.2 Å². The number of nitro benzene ring substituents is 2. The highest BCUT2D eigenvalue weighted by Gasteiger charge is 2.38. The molecule has 1 aliphatic rings. The zero-order valence-corrected chi connectivity index (χ0v) is 21.3. The maximum Gasteiger partial charge on any atom is 0.357 e. The fourth-order valence-corrected chi connectivity index (χ4v) is 5.30. The van der Waals surface area contributed by atoms with E-state index in [0.717, 1.165) is 23.4 Å². The Morgan fingerprint density at radius 2 is 1.72 bits per heavy atom.